The first-order valence-corrected chi connectivity index (χ1v) is 3.71. The Morgan fingerprint density at radius 3 is 2.42 bits per heavy atom. The van der Waals surface area contributed by atoms with Crippen molar-refractivity contribution < 1.29 is 13.5 Å². The molecular formula is C9H10F2O. The van der Waals surface area contributed by atoms with E-state index in [1.54, 1.807) is 6.92 Å². The van der Waals surface area contributed by atoms with Crippen molar-refractivity contribution >= 4 is 0 Å². The van der Waals surface area contributed by atoms with E-state index < -0.39 is 11.6 Å². The summed E-state index contributed by atoms with van der Waals surface area (Å²) in [4.78, 5) is 0. The number of rotatable bonds is 2. The van der Waals surface area contributed by atoms with Crippen LogP contribution in [0, 0.1) is 11.6 Å². The van der Waals surface area contributed by atoms with Gasteiger partial charge in [-0.1, -0.05) is 6.92 Å². The van der Waals surface area contributed by atoms with E-state index in [9.17, 15) is 8.78 Å². The summed E-state index contributed by atoms with van der Waals surface area (Å²) in [6.07, 6.45) is 0.479. The fourth-order valence-corrected chi connectivity index (χ4v) is 0.997. The highest BCUT2D eigenvalue weighted by atomic mass is 19.1. The van der Waals surface area contributed by atoms with Gasteiger partial charge >= 0.3 is 0 Å². The summed E-state index contributed by atoms with van der Waals surface area (Å²) < 4.78 is 30.5. The average Bonchev–Trinajstić information content (AvgIpc) is 2.08. The highest BCUT2D eigenvalue weighted by molar-refractivity contribution is 5.30. The molecule has 0 N–H and O–H groups in total. The second kappa shape index (κ2) is 3.52. The molecule has 3 heteroatoms. The third kappa shape index (κ3) is 1.55. The van der Waals surface area contributed by atoms with Gasteiger partial charge in [0, 0.05) is 6.07 Å². The van der Waals surface area contributed by atoms with E-state index in [1.807, 2.05) is 0 Å². The molecule has 1 aromatic rings. The van der Waals surface area contributed by atoms with Gasteiger partial charge in [0.1, 0.15) is 5.82 Å². The second-order valence-electron chi connectivity index (χ2n) is 2.43. The summed E-state index contributed by atoms with van der Waals surface area (Å²) in [5, 5.41) is 0. The van der Waals surface area contributed by atoms with E-state index in [1.165, 1.54) is 7.11 Å². The van der Waals surface area contributed by atoms with E-state index >= 15 is 0 Å². The van der Waals surface area contributed by atoms with Crippen molar-refractivity contribution in [2.45, 2.75) is 13.3 Å². The molecule has 0 saturated carbocycles. The van der Waals surface area contributed by atoms with Crippen molar-refractivity contribution in [3.63, 3.8) is 0 Å². The van der Waals surface area contributed by atoms with Crippen molar-refractivity contribution in [2.75, 3.05) is 7.11 Å². The molecule has 0 unspecified atom stereocenters. The fourth-order valence-electron chi connectivity index (χ4n) is 0.997. The number of aryl methyl sites for hydroxylation is 1. The molecule has 0 aliphatic heterocycles. The van der Waals surface area contributed by atoms with Crippen LogP contribution in [0.2, 0.25) is 0 Å². The summed E-state index contributed by atoms with van der Waals surface area (Å²) >= 11 is 0. The van der Waals surface area contributed by atoms with Gasteiger partial charge in [-0.3, -0.25) is 0 Å². The highest BCUT2D eigenvalue weighted by Crippen LogP contribution is 2.21. The Labute approximate surface area is 70.0 Å². The maximum Gasteiger partial charge on any atom is 0.165 e. The molecule has 0 heterocycles. The smallest absolute Gasteiger partial charge is 0.165 e. The lowest BCUT2D eigenvalue weighted by Gasteiger charge is -2.04. The van der Waals surface area contributed by atoms with Gasteiger partial charge in [-0.25, -0.2) is 8.78 Å². The van der Waals surface area contributed by atoms with Crippen molar-refractivity contribution in [1.29, 1.82) is 0 Å². The van der Waals surface area contributed by atoms with Crippen LogP contribution in [0.5, 0.6) is 5.75 Å². The van der Waals surface area contributed by atoms with Crippen LogP contribution in [-0.4, -0.2) is 7.11 Å². The zero-order valence-corrected chi connectivity index (χ0v) is 7.03. The molecule has 1 nitrogen and oxygen atoms in total. The standard InChI is InChI=1S/C9H10F2O/c1-3-6-4-8(11)9(12-2)5-7(6)10/h4-5H,3H2,1-2H3. The lowest BCUT2D eigenvalue weighted by molar-refractivity contribution is 0.382. The lowest BCUT2D eigenvalue weighted by Crippen LogP contribution is -1.94. The maximum atomic E-state index is 13.0. The molecule has 0 aromatic heterocycles. The van der Waals surface area contributed by atoms with Crippen molar-refractivity contribution in [2.24, 2.45) is 0 Å². The second-order valence-corrected chi connectivity index (χ2v) is 2.43. The Bertz CT molecular complexity index is 254. The van der Waals surface area contributed by atoms with Crippen LogP contribution in [0.1, 0.15) is 12.5 Å². The predicted molar refractivity (Wildman–Crippen MR) is 42.3 cm³/mol. The predicted octanol–water partition coefficient (Wildman–Crippen LogP) is 2.54. The molecule has 0 spiro atoms. The molecule has 0 radical (unpaired) electrons. The minimum atomic E-state index is -0.518. The Kier molecular flexibility index (Phi) is 2.63. The fraction of sp³-hybridized carbons (Fsp3) is 0.333. The summed E-state index contributed by atoms with van der Waals surface area (Å²) in [5.74, 6) is -0.990. The minimum absolute atomic E-state index is 0.0512. The summed E-state index contributed by atoms with van der Waals surface area (Å²) in [6, 6.07) is 2.22. The van der Waals surface area contributed by atoms with Gasteiger partial charge in [-0.15, -0.1) is 0 Å². The van der Waals surface area contributed by atoms with Gasteiger partial charge in [0.25, 0.3) is 0 Å². The summed E-state index contributed by atoms with van der Waals surface area (Å²) in [6.45, 7) is 1.77. The van der Waals surface area contributed by atoms with Crippen LogP contribution in [0.25, 0.3) is 0 Å². The first kappa shape index (κ1) is 8.97. The van der Waals surface area contributed by atoms with Gasteiger partial charge in [-0.05, 0) is 18.1 Å². The first-order valence-electron chi connectivity index (χ1n) is 3.71. The number of benzene rings is 1. The molecular weight excluding hydrogens is 162 g/mol. The van der Waals surface area contributed by atoms with Crippen LogP contribution < -0.4 is 4.74 Å². The molecule has 0 aliphatic rings. The quantitative estimate of drug-likeness (QED) is 0.666. The highest BCUT2D eigenvalue weighted by Gasteiger charge is 2.08. The Hall–Kier alpha value is -1.12. The lowest BCUT2D eigenvalue weighted by atomic mass is 10.1. The van der Waals surface area contributed by atoms with Crippen molar-refractivity contribution in [3.8, 4) is 5.75 Å². The molecule has 0 bridgehead atoms. The first-order chi connectivity index (χ1) is 5.69. The maximum absolute atomic E-state index is 13.0. The number of halogens is 2. The van der Waals surface area contributed by atoms with E-state index in [4.69, 9.17) is 0 Å². The van der Waals surface area contributed by atoms with Gasteiger partial charge < -0.3 is 4.74 Å². The van der Waals surface area contributed by atoms with E-state index in [0.29, 0.717) is 12.0 Å². The zero-order chi connectivity index (χ0) is 9.14. The third-order valence-corrected chi connectivity index (χ3v) is 1.70. The van der Waals surface area contributed by atoms with Crippen molar-refractivity contribution in [1.82, 2.24) is 0 Å². The van der Waals surface area contributed by atoms with Crippen LogP contribution in [0.4, 0.5) is 8.78 Å². The molecule has 0 atom stereocenters. The van der Waals surface area contributed by atoms with Crippen LogP contribution in [-0.2, 0) is 6.42 Å². The molecule has 12 heavy (non-hydrogen) atoms. The van der Waals surface area contributed by atoms with E-state index in [2.05, 4.69) is 4.74 Å². The normalized spacial score (nSPS) is 10.0. The van der Waals surface area contributed by atoms with E-state index in [0.717, 1.165) is 12.1 Å². The molecule has 0 saturated heterocycles. The largest absolute Gasteiger partial charge is 0.494 e. The SMILES string of the molecule is CCc1cc(F)c(OC)cc1F. The Morgan fingerprint density at radius 1 is 1.25 bits per heavy atom. The monoisotopic (exact) mass is 172 g/mol. The van der Waals surface area contributed by atoms with Gasteiger partial charge in [0.15, 0.2) is 11.6 Å². The minimum Gasteiger partial charge on any atom is -0.494 e. The molecule has 66 valence electrons. The van der Waals surface area contributed by atoms with Crippen LogP contribution in [0.3, 0.4) is 0 Å². The zero-order valence-electron chi connectivity index (χ0n) is 7.03. The van der Waals surface area contributed by atoms with Crippen molar-refractivity contribution in [3.05, 3.63) is 29.3 Å². The number of hydrogen-bond acceptors (Lipinski definition) is 1. The van der Waals surface area contributed by atoms with Gasteiger partial charge in [-0.2, -0.15) is 0 Å². The number of methoxy groups -OCH3 is 1. The third-order valence-electron chi connectivity index (χ3n) is 1.70. The Morgan fingerprint density at radius 2 is 1.92 bits per heavy atom. The van der Waals surface area contributed by atoms with E-state index in [-0.39, 0.29) is 5.75 Å². The topological polar surface area (TPSA) is 9.23 Å². The molecule has 1 aromatic carbocycles. The van der Waals surface area contributed by atoms with Gasteiger partial charge in [0.2, 0.25) is 0 Å². The molecule has 0 aliphatic carbocycles. The van der Waals surface area contributed by atoms with Crippen LogP contribution >= 0.6 is 0 Å². The summed E-state index contributed by atoms with van der Waals surface area (Å²) in [7, 11) is 1.31. The molecule has 0 amide bonds. The van der Waals surface area contributed by atoms with Gasteiger partial charge in [0.05, 0.1) is 7.11 Å². The average molecular weight is 172 g/mol. The van der Waals surface area contributed by atoms with Crippen LogP contribution in [0.15, 0.2) is 12.1 Å². The molecule has 0 fully saturated rings. The number of ether oxygens (including phenoxy) is 1. The Balaban J connectivity index is 3.16. The number of hydrogen-bond donors (Lipinski definition) is 0. The summed E-state index contributed by atoms with van der Waals surface area (Å²) in [5.41, 5.74) is 0.369. The molecule has 1 rings (SSSR count).